The summed E-state index contributed by atoms with van der Waals surface area (Å²) < 4.78 is 27.2. The Morgan fingerprint density at radius 1 is 1.32 bits per heavy atom. The summed E-state index contributed by atoms with van der Waals surface area (Å²) in [5.41, 5.74) is 0.945. The smallest absolute Gasteiger partial charge is 0.279 e. The summed E-state index contributed by atoms with van der Waals surface area (Å²) in [5.74, 6) is 0.0986. The van der Waals surface area contributed by atoms with Gasteiger partial charge in [-0.15, -0.1) is 0 Å². The fourth-order valence-electron chi connectivity index (χ4n) is 2.66. The predicted octanol–water partition coefficient (Wildman–Crippen LogP) is -0.317. The average molecular weight is 371 g/mol. The van der Waals surface area contributed by atoms with Gasteiger partial charge in [0.05, 0.1) is 12.1 Å². The fraction of sp³-hybridized carbons (Fsp3) is 0.562. The number of benzene rings is 1. The van der Waals surface area contributed by atoms with Crippen molar-refractivity contribution in [3.8, 4) is 5.75 Å². The first-order valence-electron chi connectivity index (χ1n) is 8.12. The molecular weight excluding hydrogens is 346 g/mol. The summed E-state index contributed by atoms with van der Waals surface area (Å²) in [5, 5.41) is 19.4. The lowest BCUT2D eigenvalue weighted by Crippen LogP contribution is -2.56. The molecule has 3 N–H and O–H groups in total. The third kappa shape index (κ3) is 5.40. The highest BCUT2D eigenvalue weighted by molar-refractivity contribution is 7.87. The number of aliphatic hydroxyl groups excluding tert-OH is 1. The number of nitrogens with one attached hydrogen (secondary N) is 1. The van der Waals surface area contributed by atoms with Crippen molar-refractivity contribution in [3.63, 3.8) is 0 Å². The Hall–Kier alpha value is -1.68. The molecule has 2 atom stereocenters. The normalized spacial score (nSPS) is 21.5. The fourth-order valence-corrected chi connectivity index (χ4v) is 3.53. The molecule has 0 saturated carbocycles. The third-order valence-corrected chi connectivity index (χ3v) is 5.84. The summed E-state index contributed by atoms with van der Waals surface area (Å²) in [4.78, 5) is 13.9. The van der Waals surface area contributed by atoms with Gasteiger partial charge in [0.15, 0.2) is 0 Å². The number of piperidine rings is 1. The number of carbonyl (C=O) groups excluding carboxylic acids is 1. The van der Waals surface area contributed by atoms with E-state index in [4.69, 9.17) is 0 Å². The van der Waals surface area contributed by atoms with E-state index in [-0.39, 0.29) is 18.2 Å². The van der Waals surface area contributed by atoms with Gasteiger partial charge in [0, 0.05) is 33.6 Å². The highest BCUT2D eigenvalue weighted by Gasteiger charge is 2.33. The largest absolute Gasteiger partial charge is 0.508 e. The molecule has 9 heteroatoms. The summed E-state index contributed by atoms with van der Waals surface area (Å²) in [6.45, 7) is 0.501. The molecule has 1 heterocycles. The van der Waals surface area contributed by atoms with Crippen molar-refractivity contribution in [3.05, 3.63) is 29.8 Å². The Morgan fingerprint density at radius 3 is 2.52 bits per heavy atom. The highest BCUT2D eigenvalue weighted by atomic mass is 32.2. The molecule has 140 valence electrons. The van der Waals surface area contributed by atoms with E-state index in [2.05, 4.69) is 4.72 Å². The van der Waals surface area contributed by atoms with E-state index in [1.165, 1.54) is 14.1 Å². The Labute approximate surface area is 148 Å². The molecule has 1 amide bonds. The van der Waals surface area contributed by atoms with Crippen LogP contribution in [0.4, 0.5) is 0 Å². The number of hydrogen-bond acceptors (Lipinski definition) is 5. The minimum Gasteiger partial charge on any atom is -0.508 e. The summed E-state index contributed by atoms with van der Waals surface area (Å²) in [6.07, 6.45) is 0.258. The van der Waals surface area contributed by atoms with Crippen molar-refractivity contribution in [1.82, 2.24) is 13.9 Å². The second kappa shape index (κ2) is 8.13. The second-order valence-electron chi connectivity index (χ2n) is 6.37. The van der Waals surface area contributed by atoms with Crippen molar-refractivity contribution in [2.75, 3.05) is 27.2 Å². The molecular formula is C16H25N3O5S. The minimum absolute atomic E-state index is 0.0824. The zero-order chi connectivity index (χ0) is 18.6. The SMILES string of the molecule is CN(C)S(=O)(=O)N[C@@H]1CCN(C(=O)CCc2ccc(O)cc2)C[C@H]1O. The number of amides is 1. The van der Waals surface area contributed by atoms with E-state index in [0.29, 0.717) is 25.8 Å². The van der Waals surface area contributed by atoms with E-state index in [1.807, 2.05) is 0 Å². The van der Waals surface area contributed by atoms with Crippen LogP contribution in [0, 0.1) is 0 Å². The van der Waals surface area contributed by atoms with Crippen LogP contribution in [0.15, 0.2) is 24.3 Å². The van der Waals surface area contributed by atoms with Crippen LogP contribution in [0.25, 0.3) is 0 Å². The molecule has 0 aromatic heterocycles. The molecule has 25 heavy (non-hydrogen) atoms. The molecule has 0 radical (unpaired) electrons. The number of likely N-dealkylation sites (tertiary alicyclic amines) is 1. The molecule has 8 nitrogen and oxygen atoms in total. The first-order chi connectivity index (χ1) is 11.7. The number of carbonyl (C=O) groups is 1. The first kappa shape index (κ1) is 19.6. The molecule has 1 aliphatic rings. The van der Waals surface area contributed by atoms with Crippen molar-refractivity contribution >= 4 is 16.1 Å². The monoisotopic (exact) mass is 371 g/mol. The van der Waals surface area contributed by atoms with Crippen LogP contribution in [0.3, 0.4) is 0 Å². The van der Waals surface area contributed by atoms with Gasteiger partial charge >= 0.3 is 0 Å². The summed E-state index contributed by atoms with van der Waals surface area (Å²) in [6, 6.07) is 6.07. The van der Waals surface area contributed by atoms with Gasteiger partial charge in [0.2, 0.25) is 5.91 Å². The van der Waals surface area contributed by atoms with Crippen molar-refractivity contribution in [2.45, 2.75) is 31.4 Å². The number of rotatable bonds is 6. The zero-order valence-corrected chi connectivity index (χ0v) is 15.2. The van der Waals surface area contributed by atoms with Gasteiger partial charge in [-0.2, -0.15) is 17.4 Å². The number of β-amino-alcohol motifs (C(OH)–C–C–N with tert-alkyl or cyclic N) is 1. The van der Waals surface area contributed by atoms with Gasteiger partial charge in [0.25, 0.3) is 10.2 Å². The van der Waals surface area contributed by atoms with Crippen LogP contribution in [0.2, 0.25) is 0 Å². The number of hydrogen-bond donors (Lipinski definition) is 3. The number of phenolic OH excluding ortho intramolecular Hbond substituents is 1. The molecule has 1 saturated heterocycles. The van der Waals surface area contributed by atoms with Gasteiger partial charge in [-0.1, -0.05) is 12.1 Å². The Balaban J connectivity index is 1.85. The number of aliphatic hydroxyl groups is 1. The van der Waals surface area contributed by atoms with Crippen LogP contribution in [0.1, 0.15) is 18.4 Å². The van der Waals surface area contributed by atoms with Crippen LogP contribution < -0.4 is 4.72 Å². The van der Waals surface area contributed by atoms with Crippen LogP contribution in [-0.4, -0.2) is 73.1 Å². The van der Waals surface area contributed by atoms with E-state index >= 15 is 0 Å². The van der Waals surface area contributed by atoms with Gasteiger partial charge in [-0.05, 0) is 30.5 Å². The van der Waals surface area contributed by atoms with Gasteiger partial charge in [-0.25, -0.2) is 0 Å². The van der Waals surface area contributed by atoms with Gasteiger partial charge in [0.1, 0.15) is 5.75 Å². The van der Waals surface area contributed by atoms with Crippen molar-refractivity contribution in [2.24, 2.45) is 0 Å². The van der Waals surface area contributed by atoms with E-state index < -0.39 is 22.4 Å². The van der Waals surface area contributed by atoms with E-state index in [9.17, 15) is 23.4 Å². The molecule has 2 rings (SSSR count). The second-order valence-corrected chi connectivity index (χ2v) is 8.29. The first-order valence-corrected chi connectivity index (χ1v) is 9.56. The van der Waals surface area contributed by atoms with Gasteiger partial charge < -0.3 is 15.1 Å². The third-order valence-electron chi connectivity index (χ3n) is 4.28. The van der Waals surface area contributed by atoms with E-state index in [1.54, 1.807) is 29.2 Å². The van der Waals surface area contributed by atoms with Crippen molar-refractivity contribution < 1.29 is 23.4 Å². The Bertz CT molecular complexity index is 690. The Kier molecular flexibility index (Phi) is 6.39. The molecule has 0 bridgehead atoms. The molecule has 0 unspecified atom stereocenters. The standard InChI is InChI=1S/C16H25N3O5S/c1-18(2)25(23,24)17-14-9-10-19(11-15(14)21)16(22)8-5-12-3-6-13(20)7-4-12/h3-4,6-7,14-15,17,20-21H,5,8-11H2,1-2H3/t14-,15-/m1/s1. The minimum atomic E-state index is -3.62. The number of aryl methyl sites for hydroxylation is 1. The maximum Gasteiger partial charge on any atom is 0.279 e. The quantitative estimate of drug-likeness (QED) is 0.635. The van der Waals surface area contributed by atoms with Gasteiger partial charge in [-0.3, -0.25) is 4.79 Å². The topological polar surface area (TPSA) is 110 Å². The summed E-state index contributed by atoms with van der Waals surface area (Å²) >= 11 is 0. The summed E-state index contributed by atoms with van der Waals surface area (Å²) in [7, 11) is -0.792. The zero-order valence-electron chi connectivity index (χ0n) is 14.4. The molecule has 0 aliphatic carbocycles. The maximum absolute atomic E-state index is 12.3. The lowest BCUT2D eigenvalue weighted by atomic mass is 10.0. The maximum atomic E-state index is 12.3. The number of phenols is 1. The molecule has 1 aliphatic heterocycles. The van der Waals surface area contributed by atoms with E-state index in [0.717, 1.165) is 9.87 Å². The molecule has 1 fully saturated rings. The molecule has 1 aromatic carbocycles. The lowest BCUT2D eigenvalue weighted by molar-refractivity contribution is -0.134. The van der Waals surface area contributed by atoms with Crippen LogP contribution in [-0.2, 0) is 21.4 Å². The number of aromatic hydroxyl groups is 1. The van der Waals surface area contributed by atoms with Crippen LogP contribution in [0.5, 0.6) is 5.75 Å². The Morgan fingerprint density at radius 2 is 1.96 bits per heavy atom. The predicted molar refractivity (Wildman–Crippen MR) is 93.2 cm³/mol. The highest BCUT2D eigenvalue weighted by Crippen LogP contribution is 2.16. The number of nitrogens with zero attached hydrogens (tertiary/aromatic N) is 2. The average Bonchev–Trinajstić information content (AvgIpc) is 2.55. The molecule has 0 spiro atoms. The van der Waals surface area contributed by atoms with Crippen LogP contribution >= 0.6 is 0 Å². The lowest BCUT2D eigenvalue weighted by Gasteiger charge is -2.36. The van der Waals surface area contributed by atoms with Crippen molar-refractivity contribution in [1.29, 1.82) is 0 Å². The molecule has 1 aromatic rings.